The molecule has 3 aliphatic heterocycles. The van der Waals surface area contributed by atoms with Crippen LogP contribution in [0.15, 0.2) is 83.4 Å². The number of rotatable bonds is 7. The largest absolute Gasteiger partial charge is 0.497 e. The van der Waals surface area contributed by atoms with E-state index in [9.17, 15) is 23.8 Å². The second kappa shape index (κ2) is 12.7. The topological polar surface area (TPSA) is 85.3 Å². The van der Waals surface area contributed by atoms with Crippen LogP contribution in [-0.2, 0) is 9.53 Å². The van der Waals surface area contributed by atoms with Crippen molar-refractivity contribution in [2.45, 2.75) is 50.5 Å². The molecule has 2 aliphatic carbocycles. The Morgan fingerprint density at radius 3 is 2.58 bits per heavy atom. The summed E-state index contributed by atoms with van der Waals surface area (Å²) < 4.78 is 32.8. The zero-order valence-electron chi connectivity index (χ0n) is 22.9. The van der Waals surface area contributed by atoms with Gasteiger partial charge in [0.2, 0.25) is 5.91 Å². The molecule has 0 saturated carbocycles. The van der Waals surface area contributed by atoms with Gasteiger partial charge in [0.25, 0.3) is 0 Å². The maximum Gasteiger partial charge on any atom is 0.246 e. The van der Waals surface area contributed by atoms with Gasteiger partial charge in [-0.3, -0.25) is 9.69 Å². The van der Waals surface area contributed by atoms with Crippen LogP contribution < -0.4 is 5.32 Å². The first-order valence-corrected chi connectivity index (χ1v) is 14.2. The molecular formula is C31H39F2N3O4. The average Bonchev–Trinajstić information content (AvgIpc) is 3.30. The molecule has 3 heterocycles. The zero-order chi connectivity index (χ0) is 28.2. The number of nitrogens with zero attached hydrogens (tertiary/aromatic N) is 2. The van der Waals surface area contributed by atoms with Crippen LogP contribution in [0.1, 0.15) is 32.1 Å². The predicted molar refractivity (Wildman–Crippen MR) is 149 cm³/mol. The molecule has 1 amide bonds. The van der Waals surface area contributed by atoms with Gasteiger partial charge in [-0.15, -0.1) is 0 Å². The molecule has 9 heteroatoms. The third kappa shape index (κ3) is 6.48. The first kappa shape index (κ1) is 28.5. The Bertz CT molecular complexity index is 1170. The minimum absolute atomic E-state index is 0.0535. The molecule has 0 radical (unpaired) electrons. The number of nitrogens with one attached hydrogen (secondary N) is 1. The van der Waals surface area contributed by atoms with E-state index in [0.717, 1.165) is 37.8 Å². The Hall–Kier alpha value is -3.01. The molecule has 0 aromatic carbocycles. The van der Waals surface area contributed by atoms with Gasteiger partial charge in [0.05, 0.1) is 19.2 Å². The van der Waals surface area contributed by atoms with E-state index in [4.69, 9.17) is 4.74 Å². The third-order valence-corrected chi connectivity index (χ3v) is 8.86. The molecule has 2 saturated heterocycles. The second-order valence-corrected chi connectivity index (χ2v) is 11.2. The normalized spacial score (nSPS) is 27.4. The molecule has 5 aliphatic rings. The quantitative estimate of drug-likeness (QED) is 0.328. The number of ether oxygens (including phenoxy) is 1. The maximum absolute atomic E-state index is 13.7. The number of halogens is 2. The van der Waals surface area contributed by atoms with E-state index in [0.29, 0.717) is 37.4 Å². The van der Waals surface area contributed by atoms with Gasteiger partial charge in [0.15, 0.2) is 6.29 Å². The van der Waals surface area contributed by atoms with Crippen LogP contribution in [0.2, 0.25) is 0 Å². The standard InChI is InChI=1S/C31H39F2N3O4/c1-40-25-5-6-28-26(18-25)27(19-34-28)21-8-14-36(15-9-21)30(31(38)39)22-10-12-35(13-11-22)29(37)7-2-20-16-23(32)3-4-24(33)17-20/h2-3,5-7,16-19,21-22,26,28,30-31,34,38-39H,4,8-15H2,1H3/b7-2+. The minimum Gasteiger partial charge on any atom is -0.497 e. The number of carbonyl (C=O) groups excluding carboxylic acids is 1. The number of hydrogen-bond donors (Lipinski definition) is 3. The average molecular weight is 556 g/mol. The summed E-state index contributed by atoms with van der Waals surface area (Å²) in [6.45, 7) is 2.55. The van der Waals surface area contributed by atoms with Gasteiger partial charge in [0, 0.05) is 31.5 Å². The number of fused-ring (bicyclic) bond motifs is 1. The van der Waals surface area contributed by atoms with Crippen LogP contribution in [0.5, 0.6) is 0 Å². The van der Waals surface area contributed by atoms with E-state index in [1.54, 1.807) is 12.0 Å². The van der Waals surface area contributed by atoms with Gasteiger partial charge in [0.1, 0.15) is 17.4 Å². The molecule has 0 bridgehead atoms. The molecule has 2 fully saturated rings. The molecule has 0 aromatic rings. The van der Waals surface area contributed by atoms with Crippen LogP contribution in [0.3, 0.4) is 0 Å². The van der Waals surface area contributed by atoms with Crippen molar-refractivity contribution in [1.82, 2.24) is 15.1 Å². The van der Waals surface area contributed by atoms with Gasteiger partial charge >= 0.3 is 0 Å². The SMILES string of the molecule is COC1=CC2C(C3CCN(C(C(O)O)C4CCN(C(=O)/C=C/C5=CC(F)=CCC(F)=C5)CC4)CC3)=CNC2C=C1. The van der Waals surface area contributed by atoms with E-state index in [2.05, 4.69) is 28.6 Å². The van der Waals surface area contributed by atoms with E-state index >= 15 is 0 Å². The predicted octanol–water partition coefficient (Wildman–Crippen LogP) is 3.78. The lowest BCUT2D eigenvalue weighted by atomic mass is 9.78. The van der Waals surface area contributed by atoms with Gasteiger partial charge in [-0.25, -0.2) is 8.78 Å². The van der Waals surface area contributed by atoms with Crippen molar-refractivity contribution in [3.05, 3.63) is 83.4 Å². The molecule has 3 N–H and O–H groups in total. The molecule has 216 valence electrons. The number of allylic oxidation sites excluding steroid dienone is 8. The summed E-state index contributed by atoms with van der Waals surface area (Å²) in [5.74, 6) is 0.447. The lowest BCUT2D eigenvalue weighted by molar-refractivity contribution is -0.135. The maximum atomic E-state index is 13.7. The highest BCUT2D eigenvalue weighted by molar-refractivity contribution is 5.88. The molecule has 5 rings (SSSR count). The smallest absolute Gasteiger partial charge is 0.246 e. The van der Waals surface area contributed by atoms with E-state index in [-0.39, 0.29) is 36.2 Å². The molecule has 3 unspecified atom stereocenters. The van der Waals surface area contributed by atoms with Crippen molar-refractivity contribution in [1.29, 1.82) is 0 Å². The van der Waals surface area contributed by atoms with E-state index in [1.165, 1.54) is 29.9 Å². The third-order valence-electron chi connectivity index (χ3n) is 8.86. The first-order valence-electron chi connectivity index (χ1n) is 14.2. The number of aliphatic hydroxyl groups excluding tert-OH is 1. The summed E-state index contributed by atoms with van der Waals surface area (Å²) in [5.41, 5.74) is 1.69. The lowest BCUT2D eigenvalue weighted by Gasteiger charge is -2.44. The fraction of sp³-hybridized carbons (Fsp3) is 0.516. The Morgan fingerprint density at radius 2 is 1.88 bits per heavy atom. The highest BCUT2D eigenvalue weighted by atomic mass is 19.1. The highest BCUT2D eigenvalue weighted by Crippen LogP contribution is 2.39. The van der Waals surface area contributed by atoms with Gasteiger partial charge in [-0.05, 0) is 104 Å². The summed E-state index contributed by atoms with van der Waals surface area (Å²) >= 11 is 0. The van der Waals surface area contributed by atoms with Crippen molar-refractivity contribution in [3.63, 3.8) is 0 Å². The van der Waals surface area contributed by atoms with Crippen molar-refractivity contribution in [2.75, 3.05) is 33.3 Å². The fourth-order valence-corrected chi connectivity index (χ4v) is 6.72. The lowest BCUT2D eigenvalue weighted by Crippen LogP contribution is -2.54. The summed E-state index contributed by atoms with van der Waals surface area (Å²) in [5, 5.41) is 24.2. The molecule has 40 heavy (non-hydrogen) atoms. The minimum atomic E-state index is -1.46. The molecule has 0 spiro atoms. The van der Waals surface area contributed by atoms with Gasteiger partial charge in [-0.2, -0.15) is 0 Å². The van der Waals surface area contributed by atoms with Gasteiger partial charge < -0.3 is 25.2 Å². The van der Waals surface area contributed by atoms with Crippen LogP contribution in [0.4, 0.5) is 8.78 Å². The summed E-state index contributed by atoms with van der Waals surface area (Å²) in [6.07, 6.45) is 16.5. The van der Waals surface area contributed by atoms with Crippen molar-refractivity contribution >= 4 is 5.91 Å². The number of hydrogen-bond acceptors (Lipinski definition) is 6. The molecule has 7 nitrogen and oxygen atoms in total. The molecule has 3 atom stereocenters. The van der Waals surface area contributed by atoms with Gasteiger partial charge in [-0.1, -0.05) is 6.08 Å². The summed E-state index contributed by atoms with van der Waals surface area (Å²) in [4.78, 5) is 16.7. The van der Waals surface area contributed by atoms with Crippen molar-refractivity contribution in [2.24, 2.45) is 17.8 Å². The van der Waals surface area contributed by atoms with Crippen LogP contribution >= 0.6 is 0 Å². The Kier molecular flexibility index (Phi) is 9.03. The molecule has 0 aromatic heterocycles. The van der Waals surface area contributed by atoms with Crippen LogP contribution in [-0.4, -0.2) is 77.6 Å². The Labute approximate surface area is 234 Å². The Morgan fingerprint density at radius 1 is 1.12 bits per heavy atom. The zero-order valence-corrected chi connectivity index (χ0v) is 22.9. The monoisotopic (exact) mass is 555 g/mol. The number of carbonyl (C=O) groups is 1. The van der Waals surface area contributed by atoms with Crippen LogP contribution in [0.25, 0.3) is 0 Å². The molecular weight excluding hydrogens is 516 g/mol. The second-order valence-electron chi connectivity index (χ2n) is 11.2. The highest BCUT2D eigenvalue weighted by Gasteiger charge is 2.39. The van der Waals surface area contributed by atoms with E-state index in [1.807, 2.05) is 6.08 Å². The number of piperidine rings is 2. The summed E-state index contributed by atoms with van der Waals surface area (Å²) in [6, 6.07) is -0.116. The summed E-state index contributed by atoms with van der Waals surface area (Å²) in [7, 11) is 1.69. The number of likely N-dealkylation sites (tertiary alicyclic amines) is 2. The number of methoxy groups -OCH3 is 1. The first-order chi connectivity index (χ1) is 19.3. The fourth-order valence-electron chi connectivity index (χ4n) is 6.72. The van der Waals surface area contributed by atoms with Crippen LogP contribution in [0, 0.1) is 17.8 Å². The van der Waals surface area contributed by atoms with Crippen molar-refractivity contribution < 1.29 is 28.5 Å². The number of amides is 1. The van der Waals surface area contributed by atoms with Crippen molar-refractivity contribution in [3.8, 4) is 0 Å². The Balaban J connectivity index is 1.14. The number of aliphatic hydroxyl groups is 2. The van der Waals surface area contributed by atoms with E-state index < -0.39 is 17.9 Å².